The first-order chi connectivity index (χ1) is 22.2. The smallest absolute Gasteiger partial charge is 0.313 e. The van der Waals surface area contributed by atoms with Crippen molar-refractivity contribution >= 4 is 41.0 Å². The Bertz CT molecular complexity index is 1560. The Hall–Kier alpha value is -3.99. The van der Waals surface area contributed by atoms with Gasteiger partial charge < -0.3 is 29.7 Å². The van der Waals surface area contributed by atoms with Crippen molar-refractivity contribution in [2.75, 3.05) is 24.6 Å². The average Bonchev–Trinajstić information content (AvgIpc) is 3.43. The van der Waals surface area contributed by atoms with Crippen molar-refractivity contribution < 1.29 is 33.8 Å². The maximum atomic E-state index is 14.9. The molecular formula is C35H38ClN3O7. The molecule has 10 nitrogen and oxygen atoms in total. The first-order valence-corrected chi connectivity index (χ1v) is 16.1. The van der Waals surface area contributed by atoms with Crippen molar-refractivity contribution in [3.63, 3.8) is 0 Å². The molecular weight excluding hydrogens is 610 g/mol. The summed E-state index contributed by atoms with van der Waals surface area (Å²) in [6.07, 6.45) is 6.34. The molecule has 2 fully saturated rings. The summed E-state index contributed by atoms with van der Waals surface area (Å²) in [5, 5.41) is 13.9. The number of amides is 3. The number of nitrogens with zero attached hydrogens (tertiary/aromatic N) is 2. The van der Waals surface area contributed by atoms with E-state index in [0.717, 1.165) is 11.1 Å². The summed E-state index contributed by atoms with van der Waals surface area (Å²) >= 11 is 6.66. The quantitative estimate of drug-likeness (QED) is 0.377. The van der Waals surface area contributed by atoms with Crippen LogP contribution in [0.4, 0.5) is 5.69 Å². The molecule has 11 heteroatoms. The number of aryl methyl sites for hydroxylation is 1. The lowest BCUT2D eigenvalue weighted by Crippen LogP contribution is -2.58. The summed E-state index contributed by atoms with van der Waals surface area (Å²) in [6, 6.07) is 12.8. The fourth-order valence-electron chi connectivity index (χ4n) is 7.30. The molecule has 4 aliphatic heterocycles. The summed E-state index contributed by atoms with van der Waals surface area (Å²) in [5.41, 5.74) is 0.625. The summed E-state index contributed by atoms with van der Waals surface area (Å²) in [5.74, 6) is -3.90. The molecule has 0 aliphatic carbocycles. The third-order valence-electron chi connectivity index (χ3n) is 9.35. The lowest BCUT2D eigenvalue weighted by atomic mass is 9.78. The Balaban J connectivity index is 1.48. The summed E-state index contributed by atoms with van der Waals surface area (Å²) in [6.45, 7) is 3.39. The van der Waals surface area contributed by atoms with Crippen LogP contribution in [0, 0.1) is 18.8 Å². The maximum Gasteiger partial charge on any atom is 0.313 e. The number of ether oxygens (including phenoxy) is 2. The van der Waals surface area contributed by atoms with Gasteiger partial charge >= 0.3 is 5.97 Å². The lowest BCUT2D eigenvalue weighted by Gasteiger charge is -2.39. The van der Waals surface area contributed by atoms with Gasteiger partial charge in [-0.25, -0.2) is 0 Å². The number of aliphatic hydroxyl groups is 1. The van der Waals surface area contributed by atoms with Crippen LogP contribution < -0.4 is 10.2 Å². The van der Waals surface area contributed by atoms with E-state index in [-0.39, 0.29) is 31.8 Å². The third kappa shape index (κ3) is 5.63. The van der Waals surface area contributed by atoms with Crippen molar-refractivity contribution in [1.82, 2.24) is 10.2 Å². The second-order valence-corrected chi connectivity index (χ2v) is 12.8. The summed E-state index contributed by atoms with van der Waals surface area (Å²) < 4.78 is 12.5. The van der Waals surface area contributed by atoms with Crippen molar-refractivity contribution in [2.24, 2.45) is 11.8 Å². The molecule has 0 unspecified atom stereocenters. The van der Waals surface area contributed by atoms with E-state index in [9.17, 15) is 24.3 Å². The first kappa shape index (κ1) is 32.0. The number of halogens is 1. The molecule has 0 aromatic heterocycles. The Morgan fingerprint density at radius 3 is 2.59 bits per heavy atom. The number of anilines is 1. The molecule has 0 radical (unpaired) electrons. The Morgan fingerprint density at radius 2 is 1.85 bits per heavy atom. The van der Waals surface area contributed by atoms with E-state index in [4.69, 9.17) is 21.1 Å². The number of allylic oxidation sites excluding steroid dienone is 1. The largest absolute Gasteiger partial charge is 0.460 e. The number of hydrogen-bond acceptors (Lipinski definition) is 7. The fourth-order valence-corrected chi connectivity index (χ4v) is 7.62. The number of likely N-dealkylation sites (tertiary alicyclic amines) is 1. The van der Waals surface area contributed by atoms with Crippen LogP contribution in [0.15, 0.2) is 72.8 Å². The van der Waals surface area contributed by atoms with Gasteiger partial charge in [-0.05, 0) is 43.9 Å². The SMILES string of the molecule is Cc1cccc(Cl)c1N1CC=C[C@@]23O[C@H]4/C=C\CCC(=O)NC[C@H](C)OC(=O)[C@H]4[C@@H]2C(=O)N([C@@H](CO)Cc2ccccc2)[C@H]3C1=O. The van der Waals surface area contributed by atoms with E-state index in [0.29, 0.717) is 17.1 Å². The predicted octanol–water partition coefficient (Wildman–Crippen LogP) is 3.13. The Morgan fingerprint density at radius 1 is 1.07 bits per heavy atom. The Kier molecular flexibility index (Phi) is 9.05. The van der Waals surface area contributed by atoms with Crippen molar-refractivity contribution in [2.45, 2.75) is 63.0 Å². The molecule has 2 aromatic rings. The van der Waals surface area contributed by atoms with Crippen molar-refractivity contribution in [3.05, 3.63) is 89.0 Å². The molecule has 4 heterocycles. The van der Waals surface area contributed by atoms with Crippen molar-refractivity contribution in [1.29, 1.82) is 0 Å². The Labute approximate surface area is 273 Å². The zero-order valence-corrected chi connectivity index (χ0v) is 26.6. The summed E-state index contributed by atoms with van der Waals surface area (Å²) in [4.78, 5) is 58.8. The van der Waals surface area contributed by atoms with E-state index in [2.05, 4.69) is 5.32 Å². The molecule has 7 atom stereocenters. The number of para-hydroxylation sites is 1. The molecule has 0 bridgehead atoms. The van der Waals surface area contributed by atoms with Crippen LogP contribution in [0.2, 0.25) is 5.02 Å². The maximum absolute atomic E-state index is 14.9. The number of carbonyl (C=O) groups is 4. The number of fused-ring (bicyclic) bond motifs is 2. The van der Waals surface area contributed by atoms with Crippen LogP contribution in [0.25, 0.3) is 0 Å². The van der Waals surface area contributed by atoms with Crippen LogP contribution in [-0.4, -0.2) is 83.3 Å². The van der Waals surface area contributed by atoms with Gasteiger partial charge in [-0.15, -0.1) is 0 Å². The van der Waals surface area contributed by atoms with Gasteiger partial charge in [-0.2, -0.15) is 0 Å². The van der Waals surface area contributed by atoms with Gasteiger partial charge in [0.1, 0.15) is 23.7 Å². The highest BCUT2D eigenvalue weighted by atomic mass is 35.5. The molecule has 242 valence electrons. The molecule has 0 saturated carbocycles. The highest BCUT2D eigenvalue weighted by molar-refractivity contribution is 6.34. The number of benzene rings is 2. The zero-order chi connectivity index (χ0) is 32.6. The first-order valence-electron chi connectivity index (χ1n) is 15.7. The number of esters is 1. The van der Waals surface area contributed by atoms with Gasteiger partial charge in [-0.1, -0.05) is 78.4 Å². The second kappa shape index (κ2) is 13.0. The van der Waals surface area contributed by atoms with Gasteiger partial charge in [-0.3, -0.25) is 19.2 Å². The highest BCUT2D eigenvalue weighted by Crippen LogP contribution is 2.54. The number of aliphatic hydroxyl groups excluding tert-OH is 1. The van der Waals surface area contributed by atoms with Crippen LogP contribution >= 0.6 is 11.6 Å². The number of cyclic esters (lactones) is 1. The number of nitrogens with one attached hydrogen (secondary N) is 1. The van der Waals surface area contributed by atoms with E-state index >= 15 is 0 Å². The molecule has 4 aliphatic rings. The van der Waals surface area contributed by atoms with Gasteiger partial charge in [0, 0.05) is 13.0 Å². The second-order valence-electron chi connectivity index (χ2n) is 12.4. The summed E-state index contributed by atoms with van der Waals surface area (Å²) in [7, 11) is 0. The van der Waals surface area contributed by atoms with Crippen LogP contribution in [0.1, 0.15) is 30.9 Å². The van der Waals surface area contributed by atoms with Gasteiger partial charge in [0.25, 0.3) is 5.91 Å². The van der Waals surface area contributed by atoms with Crippen LogP contribution in [0.5, 0.6) is 0 Å². The van der Waals surface area contributed by atoms with E-state index in [1.54, 1.807) is 48.3 Å². The molecule has 2 saturated heterocycles. The third-order valence-corrected chi connectivity index (χ3v) is 9.65. The average molecular weight is 648 g/mol. The molecule has 2 N–H and O–H groups in total. The molecule has 2 aromatic carbocycles. The number of hydrogen-bond donors (Lipinski definition) is 2. The van der Waals surface area contributed by atoms with E-state index < -0.39 is 66.1 Å². The monoisotopic (exact) mass is 647 g/mol. The normalized spacial score (nSPS) is 31.1. The van der Waals surface area contributed by atoms with E-state index in [1.807, 2.05) is 43.3 Å². The van der Waals surface area contributed by atoms with Crippen LogP contribution in [0.3, 0.4) is 0 Å². The minimum absolute atomic E-state index is 0.124. The van der Waals surface area contributed by atoms with Crippen LogP contribution in [-0.2, 0) is 35.1 Å². The lowest BCUT2D eigenvalue weighted by molar-refractivity contribution is -0.159. The minimum atomic E-state index is -1.54. The minimum Gasteiger partial charge on any atom is -0.460 e. The predicted molar refractivity (Wildman–Crippen MR) is 171 cm³/mol. The highest BCUT2D eigenvalue weighted by Gasteiger charge is 2.72. The van der Waals surface area contributed by atoms with Gasteiger partial charge in [0.15, 0.2) is 0 Å². The van der Waals surface area contributed by atoms with Crippen molar-refractivity contribution in [3.8, 4) is 0 Å². The molecule has 6 rings (SSSR count). The van der Waals surface area contributed by atoms with Gasteiger partial charge in [0.2, 0.25) is 11.8 Å². The fraction of sp³-hybridized carbons (Fsp3) is 0.429. The molecule has 46 heavy (non-hydrogen) atoms. The van der Waals surface area contributed by atoms with Gasteiger partial charge in [0.05, 0.1) is 41.9 Å². The molecule has 1 spiro atoms. The number of carbonyl (C=O) groups excluding carboxylic acids is 4. The number of rotatable bonds is 5. The van der Waals surface area contributed by atoms with E-state index in [1.165, 1.54) is 4.90 Å². The topological polar surface area (TPSA) is 125 Å². The zero-order valence-electron chi connectivity index (χ0n) is 25.8. The molecule has 3 amide bonds. The standard InChI is InChI=1S/C35H38ClN3O7/c1-21-10-8-13-25(36)30(21)38-17-9-16-35-29(28-26(46-35)14-6-7-15-27(41)37-19-22(2)45-34(28)44)32(42)39(31(35)33(38)43)24(20-40)18-23-11-4-3-5-12-23/h3-6,8-14,16,22,24,26,28-29,31,40H,7,15,17-20H2,1-2H3,(H,37,41)/b14-6-/t22-,24+,26-,28+,29+,31-,35+/m0/s1.